The first-order valence-electron chi connectivity index (χ1n) is 6.19. The number of alkyl halides is 1. The summed E-state index contributed by atoms with van der Waals surface area (Å²) in [5.41, 5.74) is 0.982. The number of nitrogens with zero attached hydrogens (tertiary/aromatic N) is 4. The molecule has 2 aromatic heterocycles. The van der Waals surface area contributed by atoms with Crippen molar-refractivity contribution >= 4 is 15.9 Å². The van der Waals surface area contributed by atoms with Crippen molar-refractivity contribution in [2.75, 3.05) is 0 Å². The molecule has 0 unspecified atom stereocenters. The lowest BCUT2D eigenvalue weighted by atomic mass is 10.2. The van der Waals surface area contributed by atoms with Gasteiger partial charge in [0.2, 0.25) is 0 Å². The third-order valence-electron chi connectivity index (χ3n) is 2.54. The SMILES string of the molecule is CC(C)Cn1ncnc1COc1ccc(CBr)nc1. The summed E-state index contributed by atoms with van der Waals surface area (Å²) < 4.78 is 7.55. The van der Waals surface area contributed by atoms with E-state index in [9.17, 15) is 0 Å². The largest absolute Gasteiger partial charge is 0.484 e. The monoisotopic (exact) mass is 324 g/mol. The van der Waals surface area contributed by atoms with Crippen LogP contribution < -0.4 is 4.74 Å². The van der Waals surface area contributed by atoms with Crippen molar-refractivity contribution in [3.8, 4) is 5.75 Å². The van der Waals surface area contributed by atoms with Crippen LogP contribution in [-0.2, 0) is 18.5 Å². The predicted octanol–water partition coefficient (Wildman–Crippen LogP) is 2.80. The van der Waals surface area contributed by atoms with E-state index in [1.807, 2.05) is 16.8 Å². The Hall–Kier alpha value is -1.43. The Balaban J connectivity index is 1.96. The molecular formula is C13H17BrN4O. The molecule has 2 heterocycles. The smallest absolute Gasteiger partial charge is 0.164 e. The second kappa shape index (κ2) is 6.65. The summed E-state index contributed by atoms with van der Waals surface area (Å²) >= 11 is 3.36. The zero-order chi connectivity index (χ0) is 13.7. The van der Waals surface area contributed by atoms with Crippen molar-refractivity contribution in [2.45, 2.75) is 32.3 Å². The highest BCUT2D eigenvalue weighted by atomic mass is 79.9. The molecule has 0 aliphatic carbocycles. The maximum absolute atomic E-state index is 5.67. The van der Waals surface area contributed by atoms with Crippen LogP contribution in [0.5, 0.6) is 5.75 Å². The molecule has 5 nitrogen and oxygen atoms in total. The Kier molecular flexibility index (Phi) is 4.90. The molecule has 0 aliphatic rings. The molecule has 0 saturated carbocycles. The van der Waals surface area contributed by atoms with Gasteiger partial charge >= 0.3 is 0 Å². The highest BCUT2D eigenvalue weighted by molar-refractivity contribution is 9.08. The fourth-order valence-electron chi connectivity index (χ4n) is 1.62. The Morgan fingerprint density at radius 2 is 2.16 bits per heavy atom. The number of pyridine rings is 1. The van der Waals surface area contributed by atoms with E-state index in [0.29, 0.717) is 12.5 Å². The van der Waals surface area contributed by atoms with Gasteiger partial charge in [0.1, 0.15) is 18.7 Å². The van der Waals surface area contributed by atoms with E-state index in [1.165, 1.54) is 0 Å². The standard InChI is InChI=1S/C13H17BrN4O/c1-10(2)7-18-13(16-9-17-18)8-19-12-4-3-11(5-14)15-6-12/h3-4,6,9-10H,5,7-8H2,1-2H3. The van der Waals surface area contributed by atoms with Crippen molar-refractivity contribution in [3.63, 3.8) is 0 Å². The maximum Gasteiger partial charge on any atom is 0.164 e. The van der Waals surface area contributed by atoms with Crippen molar-refractivity contribution < 1.29 is 4.74 Å². The quantitative estimate of drug-likeness (QED) is 0.767. The van der Waals surface area contributed by atoms with Crippen LogP contribution in [0, 0.1) is 5.92 Å². The highest BCUT2D eigenvalue weighted by Gasteiger charge is 2.07. The maximum atomic E-state index is 5.67. The average Bonchev–Trinajstić information content (AvgIpc) is 2.83. The van der Waals surface area contributed by atoms with Gasteiger partial charge in [0.25, 0.3) is 0 Å². The van der Waals surface area contributed by atoms with Crippen LogP contribution in [0.3, 0.4) is 0 Å². The molecule has 0 saturated heterocycles. The zero-order valence-electron chi connectivity index (χ0n) is 11.1. The molecule has 0 amide bonds. The second-order valence-electron chi connectivity index (χ2n) is 4.66. The molecule has 0 atom stereocenters. The number of hydrogen-bond acceptors (Lipinski definition) is 4. The van der Waals surface area contributed by atoms with E-state index in [1.54, 1.807) is 12.5 Å². The van der Waals surface area contributed by atoms with Gasteiger partial charge < -0.3 is 4.74 Å². The summed E-state index contributed by atoms with van der Waals surface area (Å²) in [7, 11) is 0. The van der Waals surface area contributed by atoms with Gasteiger partial charge in [-0.2, -0.15) is 5.10 Å². The highest BCUT2D eigenvalue weighted by Crippen LogP contribution is 2.12. The van der Waals surface area contributed by atoms with Gasteiger partial charge in [-0.05, 0) is 18.1 Å². The van der Waals surface area contributed by atoms with Gasteiger partial charge in [-0.15, -0.1) is 0 Å². The molecular weight excluding hydrogens is 308 g/mol. The third-order valence-corrected chi connectivity index (χ3v) is 3.11. The van der Waals surface area contributed by atoms with E-state index in [2.05, 4.69) is 44.8 Å². The van der Waals surface area contributed by atoms with E-state index in [4.69, 9.17) is 4.74 Å². The average molecular weight is 325 g/mol. The number of ether oxygens (including phenoxy) is 1. The summed E-state index contributed by atoms with van der Waals surface area (Å²) in [4.78, 5) is 8.47. The summed E-state index contributed by atoms with van der Waals surface area (Å²) in [6, 6.07) is 3.84. The Bertz CT molecular complexity index is 510. The molecule has 0 fully saturated rings. The van der Waals surface area contributed by atoms with Crippen LogP contribution in [0.2, 0.25) is 0 Å². The lowest BCUT2D eigenvalue weighted by molar-refractivity contribution is 0.281. The van der Waals surface area contributed by atoms with Crippen LogP contribution in [0.25, 0.3) is 0 Å². The van der Waals surface area contributed by atoms with Crippen molar-refractivity contribution in [2.24, 2.45) is 5.92 Å². The minimum absolute atomic E-state index is 0.405. The Morgan fingerprint density at radius 1 is 1.32 bits per heavy atom. The molecule has 2 rings (SSSR count). The van der Waals surface area contributed by atoms with Gasteiger partial charge in [0.15, 0.2) is 5.82 Å². The molecule has 0 aromatic carbocycles. The molecule has 0 aliphatic heterocycles. The lowest BCUT2D eigenvalue weighted by Gasteiger charge is -2.09. The number of hydrogen-bond donors (Lipinski definition) is 0. The number of halogens is 1. The van der Waals surface area contributed by atoms with Crippen molar-refractivity contribution in [3.05, 3.63) is 36.2 Å². The van der Waals surface area contributed by atoms with Gasteiger partial charge in [0.05, 0.1) is 11.9 Å². The van der Waals surface area contributed by atoms with Crippen LogP contribution in [0.1, 0.15) is 25.4 Å². The van der Waals surface area contributed by atoms with Crippen LogP contribution in [0.15, 0.2) is 24.7 Å². The predicted molar refractivity (Wildman–Crippen MR) is 76.1 cm³/mol. The molecule has 0 spiro atoms. The minimum atomic E-state index is 0.405. The van der Waals surface area contributed by atoms with Crippen LogP contribution in [0.4, 0.5) is 0 Å². The van der Waals surface area contributed by atoms with E-state index < -0.39 is 0 Å². The molecule has 0 bridgehead atoms. The molecule has 6 heteroatoms. The lowest BCUT2D eigenvalue weighted by Crippen LogP contribution is -2.12. The first-order valence-corrected chi connectivity index (χ1v) is 7.31. The van der Waals surface area contributed by atoms with Crippen molar-refractivity contribution in [1.82, 2.24) is 19.7 Å². The topological polar surface area (TPSA) is 52.8 Å². The normalized spacial score (nSPS) is 10.9. The van der Waals surface area contributed by atoms with Gasteiger partial charge in [-0.3, -0.25) is 4.98 Å². The Morgan fingerprint density at radius 3 is 2.79 bits per heavy atom. The van der Waals surface area contributed by atoms with Gasteiger partial charge in [0, 0.05) is 11.9 Å². The fourth-order valence-corrected chi connectivity index (χ4v) is 1.95. The molecule has 0 radical (unpaired) electrons. The molecule has 2 aromatic rings. The van der Waals surface area contributed by atoms with Gasteiger partial charge in [-0.1, -0.05) is 29.8 Å². The summed E-state index contributed by atoms with van der Waals surface area (Å²) in [6.45, 7) is 5.55. The zero-order valence-corrected chi connectivity index (χ0v) is 12.7. The summed E-state index contributed by atoms with van der Waals surface area (Å²) in [6.07, 6.45) is 3.28. The third kappa shape index (κ3) is 4.02. The summed E-state index contributed by atoms with van der Waals surface area (Å²) in [5.74, 6) is 2.10. The van der Waals surface area contributed by atoms with Crippen LogP contribution >= 0.6 is 15.9 Å². The first kappa shape index (κ1) is 14.0. The number of aromatic nitrogens is 4. The van der Waals surface area contributed by atoms with E-state index in [0.717, 1.165) is 29.1 Å². The van der Waals surface area contributed by atoms with Crippen LogP contribution in [-0.4, -0.2) is 19.7 Å². The van der Waals surface area contributed by atoms with E-state index >= 15 is 0 Å². The van der Waals surface area contributed by atoms with E-state index in [-0.39, 0.29) is 0 Å². The number of rotatable bonds is 6. The molecule has 0 N–H and O–H groups in total. The summed E-state index contributed by atoms with van der Waals surface area (Å²) in [5, 5.41) is 4.95. The molecule has 19 heavy (non-hydrogen) atoms. The van der Waals surface area contributed by atoms with Gasteiger partial charge in [-0.25, -0.2) is 9.67 Å². The minimum Gasteiger partial charge on any atom is -0.484 e. The second-order valence-corrected chi connectivity index (χ2v) is 5.22. The fraction of sp³-hybridized carbons (Fsp3) is 0.462. The molecule has 102 valence electrons. The first-order chi connectivity index (χ1) is 9.19. The van der Waals surface area contributed by atoms with Crippen molar-refractivity contribution in [1.29, 1.82) is 0 Å². The Labute approximate surface area is 121 Å².